The molecular weight excluding hydrogens is 543 g/mol. The van der Waals surface area contributed by atoms with E-state index in [9.17, 15) is 22.4 Å². The van der Waals surface area contributed by atoms with Gasteiger partial charge in [0.15, 0.2) is 0 Å². The van der Waals surface area contributed by atoms with Crippen molar-refractivity contribution in [3.8, 4) is 5.75 Å². The molecule has 0 saturated heterocycles. The van der Waals surface area contributed by atoms with E-state index in [1.54, 1.807) is 31.3 Å². The molecule has 3 rings (SSSR count). The van der Waals surface area contributed by atoms with Crippen molar-refractivity contribution in [1.29, 1.82) is 0 Å². The summed E-state index contributed by atoms with van der Waals surface area (Å²) in [5.41, 5.74) is 2.14. The number of amides is 1. The normalized spacial score (nSPS) is 11.5. The summed E-state index contributed by atoms with van der Waals surface area (Å²) in [5.74, 6) is -0.844. The number of rotatable bonds is 10. The van der Waals surface area contributed by atoms with E-state index in [1.165, 1.54) is 17.0 Å². The van der Waals surface area contributed by atoms with E-state index < -0.39 is 24.2 Å². The Kier molecular flexibility index (Phi) is 9.33. The molecule has 0 saturated carbocycles. The molecule has 0 bridgehead atoms. The van der Waals surface area contributed by atoms with Crippen LogP contribution in [0.4, 0.5) is 23.2 Å². The fraction of sp³-hybridized carbons (Fsp3) is 0.240. The van der Waals surface area contributed by atoms with Gasteiger partial charge in [-0.15, -0.1) is 0 Å². The van der Waals surface area contributed by atoms with Crippen molar-refractivity contribution in [2.45, 2.75) is 25.5 Å². The monoisotopic (exact) mass is 562 g/mol. The Balaban J connectivity index is 1.87. The highest BCUT2D eigenvalue weighted by atomic mass is 35.5. The first-order valence-corrected chi connectivity index (χ1v) is 11.8. The number of nitrogens with zero attached hydrogens (tertiary/aromatic N) is 1. The Morgan fingerprint density at radius 1 is 0.972 bits per heavy atom. The summed E-state index contributed by atoms with van der Waals surface area (Å²) in [7, 11) is 1.64. The van der Waals surface area contributed by atoms with Crippen LogP contribution in [0.2, 0.25) is 15.1 Å². The van der Waals surface area contributed by atoms with Gasteiger partial charge in [0.25, 0.3) is 5.91 Å². The summed E-state index contributed by atoms with van der Waals surface area (Å²) in [6.45, 7) is 0.345. The fourth-order valence-electron chi connectivity index (χ4n) is 3.38. The number of benzene rings is 3. The number of hydrogen-bond acceptors (Lipinski definition) is 3. The number of anilines is 1. The third kappa shape index (κ3) is 6.96. The average molecular weight is 564 g/mol. The van der Waals surface area contributed by atoms with Gasteiger partial charge in [0, 0.05) is 30.8 Å². The maximum Gasteiger partial charge on any atom is 0.461 e. The first kappa shape index (κ1) is 27.9. The van der Waals surface area contributed by atoms with Gasteiger partial charge in [-0.3, -0.25) is 4.79 Å². The molecular formula is C25H21Cl3F4N2O2. The highest BCUT2D eigenvalue weighted by molar-refractivity contribution is 6.44. The number of carbonyl (C=O) groups is 1. The van der Waals surface area contributed by atoms with Crippen LogP contribution in [0.25, 0.3) is 0 Å². The SMILES string of the molecule is CNc1ccc(Cl)c(Cl)c1C(=O)N(CCc1ccc(Cl)cc1)Cc1ccc(OC(F)(F)C(F)F)cc1. The smallest absolute Gasteiger partial charge is 0.428 e. The quantitative estimate of drug-likeness (QED) is 0.256. The first-order valence-electron chi connectivity index (χ1n) is 10.6. The molecule has 11 heteroatoms. The maximum absolute atomic E-state index is 13.6. The molecule has 0 radical (unpaired) electrons. The third-order valence-corrected chi connectivity index (χ3v) is 6.31. The number of carbonyl (C=O) groups excluding carboxylic acids is 1. The van der Waals surface area contributed by atoms with Crippen LogP contribution in [0.3, 0.4) is 0 Å². The zero-order valence-corrected chi connectivity index (χ0v) is 21.1. The Morgan fingerprint density at radius 2 is 1.58 bits per heavy atom. The van der Waals surface area contributed by atoms with E-state index >= 15 is 0 Å². The number of hydrogen-bond donors (Lipinski definition) is 1. The van der Waals surface area contributed by atoms with E-state index in [4.69, 9.17) is 34.8 Å². The first-order chi connectivity index (χ1) is 17.0. The van der Waals surface area contributed by atoms with Gasteiger partial charge in [0.2, 0.25) is 0 Å². The van der Waals surface area contributed by atoms with Crippen LogP contribution in [0.5, 0.6) is 5.75 Å². The van der Waals surface area contributed by atoms with Gasteiger partial charge in [0.1, 0.15) is 5.75 Å². The Hall–Kier alpha value is -2.68. The number of halogens is 7. The maximum atomic E-state index is 13.6. The van der Waals surface area contributed by atoms with Gasteiger partial charge in [-0.25, -0.2) is 0 Å². The summed E-state index contributed by atoms with van der Waals surface area (Å²) in [6.07, 6.45) is -8.10. The van der Waals surface area contributed by atoms with Crippen LogP contribution < -0.4 is 10.1 Å². The highest BCUT2D eigenvalue weighted by Gasteiger charge is 2.43. The lowest BCUT2D eigenvalue weighted by Crippen LogP contribution is -2.34. The summed E-state index contributed by atoms with van der Waals surface area (Å²) in [6, 6.07) is 15.5. The molecule has 36 heavy (non-hydrogen) atoms. The molecule has 0 unspecified atom stereocenters. The second kappa shape index (κ2) is 12.0. The summed E-state index contributed by atoms with van der Waals surface area (Å²) >= 11 is 18.5. The van der Waals surface area contributed by atoms with Gasteiger partial charge >= 0.3 is 12.5 Å². The van der Waals surface area contributed by atoms with Gasteiger partial charge in [0.05, 0.1) is 15.6 Å². The molecule has 0 atom stereocenters. The topological polar surface area (TPSA) is 41.6 Å². The van der Waals surface area contributed by atoms with Crippen molar-refractivity contribution < 1.29 is 27.1 Å². The molecule has 192 valence electrons. The molecule has 3 aromatic carbocycles. The second-order valence-electron chi connectivity index (χ2n) is 7.75. The minimum atomic E-state index is -4.62. The molecule has 0 spiro atoms. The summed E-state index contributed by atoms with van der Waals surface area (Å²) in [5, 5.41) is 3.80. The molecule has 0 aromatic heterocycles. The lowest BCUT2D eigenvalue weighted by Gasteiger charge is -2.25. The zero-order chi connectivity index (χ0) is 26.5. The van der Waals surface area contributed by atoms with Gasteiger partial charge in [-0.05, 0) is 53.9 Å². The van der Waals surface area contributed by atoms with Gasteiger partial charge in [-0.2, -0.15) is 17.6 Å². The van der Waals surface area contributed by atoms with E-state index in [1.807, 2.05) is 12.1 Å². The largest absolute Gasteiger partial charge is 0.461 e. The Morgan fingerprint density at radius 3 is 2.17 bits per heavy atom. The second-order valence-corrected chi connectivity index (χ2v) is 8.97. The minimum absolute atomic E-state index is 0.0734. The minimum Gasteiger partial charge on any atom is -0.428 e. The van der Waals surface area contributed by atoms with E-state index in [2.05, 4.69) is 10.1 Å². The van der Waals surface area contributed by atoms with Gasteiger partial charge < -0.3 is 15.0 Å². The fourth-order valence-corrected chi connectivity index (χ4v) is 3.91. The number of nitrogens with one attached hydrogen (secondary N) is 1. The average Bonchev–Trinajstić information content (AvgIpc) is 2.84. The molecule has 1 amide bonds. The van der Waals surface area contributed by atoms with Crippen LogP contribution in [0.15, 0.2) is 60.7 Å². The Labute approximate surface area is 220 Å². The molecule has 0 aliphatic carbocycles. The Bertz CT molecular complexity index is 1190. The van der Waals surface area contributed by atoms with Crippen LogP contribution in [-0.2, 0) is 13.0 Å². The number of alkyl halides is 4. The molecule has 3 aromatic rings. The van der Waals surface area contributed by atoms with Crippen LogP contribution in [0, 0.1) is 0 Å². The summed E-state index contributed by atoms with van der Waals surface area (Å²) < 4.78 is 55.3. The van der Waals surface area contributed by atoms with E-state index in [0.717, 1.165) is 17.7 Å². The highest BCUT2D eigenvalue weighted by Crippen LogP contribution is 2.33. The predicted molar refractivity (Wildman–Crippen MR) is 134 cm³/mol. The number of ether oxygens (including phenoxy) is 1. The van der Waals surface area contributed by atoms with Crippen molar-refractivity contribution in [1.82, 2.24) is 4.90 Å². The lowest BCUT2D eigenvalue weighted by atomic mass is 10.1. The molecule has 0 aliphatic heterocycles. The standard InChI is InChI=1S/C25H21Cl3F4N2O2/c1-33-20-11-10-19(27)22(28)21(20)23(35)34(13-12-15-2-6-17(26)7-3-15)14-16-4-8-18(9-5-16)36-25(31,32)24(29)30/h2-11,24,33H,12-14H2,1H3. The van der Waals surface area contributed by atoms with E-state index in [-0.39, 0.29) is 28.7 Å². The summed E-state index contributed by atoms with van der Waals surface area (Å²) in [4.78, 5) is 15.1. The van der Waals surface area contributed by atoms with E-state index in [0.29, 0.717) is 22.7 Å². The molecule has 0 fully saturated rings. The van der Waals surface area contributed by atoms with Crippen molar-refractivity contribution in [2.24, 2.45) is 0 Å². The van der Waals surface area contributed by atoms with Crippen molar-refractivity contribution in [3.05, 3.63) is 92.4 Å². The van der Waals surface area contributed by atoms with Crippen molar-refractivity contribution in [2.75, 3.05) is 18.9 Å². The van der Waals surface area contributed by atoms with Gasteiger partial charge in [-0.1, -0.05) is 59.1 Å². The van der Waals surface area contributed by atoms with Crippen molar-refractivity contribution in [3.63, 3.8) is 0 Å². The molecule has 1 N–H and O–H groups in total. The molecule has 4 nitrogen and oxygen atoms in total. The lowest BCUT2D eigenvalue weighted by molar-refractivity contribution is -0.253. The predicted octanol–water partition coefficient (Wildman–Crippen LogP) is 7.81. The third-order valence-electron chi connectivity index (χ3n) is 5.25. The van der Waals surface area contributed by atoms with Crippen molar-refractivity contribution >= 4 is 46.4 Å². The van der Waals surface area contributed by atoms with Crippen LogP contribution >= 0.6 is 34.8 Å². The zero-order valence-electron chi connectivity index (χ0n) is 18.9. The molecule has 0 heterocycles. The van der Waals surface area contributed by atoms with Crippen LogP contribution in [-0.4, -0.2) is 36.9 Å². The van der Waals surface area contributed by atoms with Crippen LogP contribution in [0.1, 0.15) is 21.5 Å². The molecule has 0 aliphatic rings.